The molecule has 54 heavy (non-hydrogen) atoms. The molecule has 1 unspecified atom stereocenters. The second kappa shape index (κ2) is 17.8. The number of carbonyl (C=O) groups is 4. The van der Waals surface area contributed by atoms with Crippen molar-refractivity contribution in [3.05, 3.63) is 142 Å². The van der Waals surface area contributed by atoms with Crippen LogP contribution in [0.1, 0.15) is 60.4 Å². The van der Waals surface area contributed by atoms with E-state index in [-0.39, 0.29) is 11.6 Å². The zero-order valence-corrected chi connectivity index (χ0v) is 31.6. The molecule has 5 aromatic rings. The van der Waals surface area contributed by atoms with Crippen molar-refractivity contribution in [1.82, 2.24) is 5.32 Å². The lowest BCUT2D eigenvalue weighted by atomic mass is 9.95. The molecule has 3 amide bonds. The standard InChI is InChI=1S/C42H39N3O7S2/c1-50-30-22-21-28(34(25-30)51-2)23-33(44-38(46)27-15-8-5-9-16-27)39(47)43-29-17-12-18-31(24-29)53-37(26-13-6-4-7-14-26)40(48)45-41-36(42(49)52-3)32-19-10-11-20-35(32)54-41/h4-9,12-18,21-25,37H,10-11,19-20H2,1-3H3,(H,43,47)(H,44,46)(H,45,48)/b33-23+. The third-order valence-corrected chi connectivity index (χ3v) is 11.2. The summed E-state index contributed by atoms with van der Waals surface area (Å²) in [4.78, 5) is 56.0. The second-order valence-electron chi connectivity index (χ2n) is 12.3. The van der Waals surface area contributed by atoms with E-state index in [0.717, 1.165) is 41.7 Å². The van der Waals surface area contributed by atoms with Gasteiger partial charge in [-0.15, -0.1) is 23.1 Å². The van der Waals surface area contributed by atoms with Crippen LogP contribution in [-0.4, -0.2) is 45.0 Å². The molecule has 276 valence electrons. The minimum atomic E-state index is -0.704. The Morgan fingerprint density at radius 2 is 1.54 bits per heavy atom. The molecular formula is C42H39N3O7S2. The Hall–Kier alpha value is -5.85. The lowest BCUT2D eigenvalue weighted by Crippen LogP contribution is -2.30. The summed E-state index contributed by atoms with van der Waals surface area (Å²) in [5.41, 5.74) is 3.49. The van der Waals surface area contributed by atoms with Crippen LogP contribution in [0, 0.1) is 0 Å². The first-order valence-corrected chi connectivity index (χ1v) is 18.9. The van der Waals surface area contributed by atoms with Crippen LogP contribution in [0.25, 0.3) is 6.08 Å². The van der Waals surface area contributed by atoms with Gasteiger partial charge in [0, 0.05) is 32.7 Å². The van der Waals surface area contributed by atoms with Gasteiger partial charge in [-0.25, -0.2) is 4.79 Å². The Bertz CT molecular complexity index is 2180. The first kappa shape index (κ1) is 37.9. The SMILES string of the molecule is COC(=O)c1c(NC(=O)C(Sc2cccc(NC(=O)/C(=C\c3ccc(OC)cc3OC)NC(=O)c3ccccc3)c2)c2ccccc2)sc2c1CCCC2. The maximum Gasteiger partial charge on any atom is 0.341 e. The van der Waals surface area contributed by atoms with E-state index in [1.54, 1.807) is 73.8 Å². The van der Waals surface area contributed by atoms with Gasteiger partial charge in [-0.05, 0) is 85.4 Å². The molecule has 0 saturated heterocycles. The third-order valence-electron chi connectivity index (χ3n) is 8.75. The topological polar surface area (TPSA) is 132 Å². The third kappa shape index (κ3) is 9.02. The average molecular weight is 762 g/mol. The van der Waals surface area contributed by atoms with Crippen molar-refractivity contribution in [3.63, 3.8) is 0 Å². The summed E-state index contributed by atoms with van der Waals surface area (Å²) in [6.07, 6.45) is 5.16. The number of esters is 1. The molecule has 1 aromatic heterocycles. The largest absolute Gasteiger partial charge is 0.497 e. The molecule has 0 fully saturated rings. The molecule has 6 rings (SSSR count). The summed E-state index contributed by atoms with van der Waals surface area (Å²) in [5.74, 6) is -0.791. The van der Waals surface area contributed by atoms with Crippen molar-refractivity contribution < 1.29 is 33.4 Å². The van der Waals surface area contributed by atoms with Crippen LogP contribution < -0.4 is 25.4 Å². The van der Waals surface area contributed by atoms with Gasteiger partial charge in [0.1, 0.15) is 27.4 Å². The van der Waals surface area contributed by atoms with Crippen LogP contribution in [0.5, 0.6) is 11.5 Å². The number of thiophene rings is 1. The van der Waals surface area contributed by atoms with Crippen molar-refractivity contribution in [2.45, 2.75) is 35.8 Å². The zero-order valence-electron chi connectivity index (χ0n) is 30.0. The van der Waals surface area contributed by atoms with Crippen LogP contribution >= 0.6 is 23.1 Å². The zero-order chi connectivity index (χ0) is 38.0. The molecule has 1 heterocycles. The summed E-state index contributed by atoms with van der Waals surface area (Å²) >= 11 is 2.74. The van der Waals surface area contributed by atoms with E-state index in [4.69, 9.17) is 14.2 Å². The Morgan fingerprint density at radius 1 is 0.796 bits per heavy atom. The van der Waals surface area contributed by atoms with Gasteiger partial charge in [-0.1, -0.05) is 54.6 Å². The van der Waals surface area contributed by atoms with Gasteiger partial charge in [0.25, 0.3) is 11.8 Å². The number of nitrogens with one attached hydrogen (secondary N) is 3. The smallest absolute Gasteiger partial charge is 0.341 e. The minimum absolute atomic E-state index is 0.0213. The number of benzene rings is 4. The Morgan fingerprint density at radius 3 is 2.26 bits per heavy atom. The number of carbonyl (C=O) groups excluding carboxylic acids is 4. The quantitative estimate of drug-likeness (QED) is 0.0621. The van der Waals surface area contributed by atoms with Crippen molar-refractivity contribution >= 4 is 63.6 Å². The Labute approximate surface area is 321 Å². The Kier molecular flexibility index (Phi) is 12.5. The molecule has 0 bridgehead atoms. The number of ether oxygens (including phenoxy) is 3. The molecule has 10 nitrogen and oxygen atoms in total. The lowest BCUT2D eigenvalue weighted by Gasteiger charge is -2.18. The van der Waals surface area contributed by atoms with Gasteiger partial charge >= 0.3 is 5.97 Å². The van der Waals surface area contributed by atoms with Gasteiger partial charge in [0.05, 0.1) is 26.9 Å². The van der Waals surface area contributed by atoms with E-state index < -0.39 is 23.0 Å². The van der Waals surface area contributed by atoms with E-state index in [1.165, 1.54) is 43.4 Å². The van der Waals surface area contributed by atoms with Crippen LogP contribution in [-0.2, 0) is 27.2 Å². The molecule has 3 N–H and O–H groups in total. The molecule has 1 aliphatic rings. The number of hydrogen-bond acceptors (Lipinski definition) is 9. The molecule has 0 saturated carbocycles. The summed E-state index contributed by atoms with van der Waals surface area (Å²) in [6.45, 7) is 0. The first-order chi connectivity index (χ1) is 26.3. The van der Waals surface area contributed by atoms with E-state index in [1.807, 2.05) is 36.4 Å². The predicted molar refractivity (Wildman–Crippen MR) is 212 cm³/mol. The molecule has 0 spiro atoms. The van der Waals surface area contributed by atoms with Crippen molar-refractivity contribution in [2.24, 2.45) is 0 Å². The molecule has 0 aliphatic heterocycles. The maximum atomic E-state index is 14.1. The minimum Gasteiger partial charge on any atom is -0.497 e. The average Bonchev–Trinajstić information content (AvgIpc) is 3.57. The summed E-state index contributed by atoms with van der Waals surface area (Å²) in [6, 6.07) is 30.2. The number of anilines is 2. The summed E-state index contributed by atoms with van der Waals surface area (Å²) in [7, 11) is 4.40. The van der Waals surface area contributed by atoms with E-state index in [0.29, 0.717) is 43.8 Å². The van der Waals surface area contributed by atoms with Gasteiger partial charge in [0.15, 0.2) is 0 Å². The fraction of sp³-hybridized carbons (Fsp3) is 0.190. The first-order valence-electron chi connectivity index (χ1n) is 17.2. The number of methoxy groups -OCH3 is 3. The van der Waals surface area contributed by atoms with Crippen molar-refractivity contribution in [3.8, 4) is 11.5 Å². The van der Waals surface area contributed by atoms with Crippen molar-refractivity contribution in [2.75, 3.05) is 32.0 Å². The monoisotopic (exact) mass is 761 g/mol. The molecule has 0 radical (unpaired) electrons. The maximum absolute atomic E-state index is 14.1. The van der Waals surface area contributed by atoms with Crippen LogP contribution in [0.3, 0.4) is 0 Å². The van der Waals surface area contributed by atoms with Gasteiger partial charge in [-0.3, -0.25) is 14.4 Å². The summed E-state index contributed by atoms with van der Waals surface area (Å²) in [5, 5.41) is 8.51. The number of thioether (sulfide) groups is 1. The highest BCUT2D eigenvalue weighted by molar-refractivity contribution is 8.00. The fourth-order valence-electron chi connectivity index (χ4n) is 6.07. The second-order valence-corrected chi connectivity index (χ2v) is 14.6. The predicted octanol–water partition coefficient (Wildman–Crippen LogP) is 8.31. The molecule has 1 aliphatic carbocycles. The fourth-order valence-corrected chi connectivity index (χ4v) is 8.43. The Balaban J connectivity index is 1.27. The molecule has 1 atom stereocenters. The van der Waals surface area contributed by atoms with Gasteiger partial charge in [0.2, 0.25) is 5.91 Å². The number of hydrogen-bond donors (Lipinski definition) is 3. The summed E-state index contributed by atoms with van der Waals surface area (Å²) < 4.78 is 16.0. The normalized spacial score (nSPS) is 12.8. The highest BCUT2D eigenvalue weighted by Gasteiger charge is 2.30. The molecule has 4 aromatic carbocycles. The van der Waals surface area contributed by atoms with E-state index in [9.17, 15) is 19.2 Å². The van der Waals surface area contributed by atoms with E-state index in [2.05, 4.69) is 16.0 Å². The highest BCUT2D eigenvalue weighted by atomic mass is 32.2. The van der Waals surface area contributed by atoms with Gasteiger partial charge < -0.3 is 30.2 Å². The molecule has 12 heteroatoms. The van der Waals surface area contributed by atoms with Crippen LogP contribution in [0.2, 0.25) is 0 Å². The highest BCUT2D eigenvalue weighted by Crippen LogP contribution is 2.41. The van der Waals surface area contributed by atoms with Crippen molar-refractivity contribution in [1.29, 1.82) is 0 Å². The van der Waals surface area contributed by atoms with Crippen LogP contribution in [0.4, 0.5) is 10.7 Å². The lowest BCUT2D eigenvalue weighted by molar-refractivity contribution is -0.116. The number of aryl methyl sites for hydroxylation is 1. The van der Waals surface area contributed by atoms with Crippen LogP contribution in [0.15, 0.2) is 114 Å². The number of fused-ring (bicyclic) bond motifs is 1. The molecular weight excluding hydrogens is 723 g/mol. The van der Waals surface area contributed by atoms with Gasteiger partial charge in [-0.2, -0.15) is 0 Å². The number of amides is 3. The number of rotatable bonds is 13. The van der Waals surface area contributed by atoms with E-state index >= 15 is 0 Å².